The largest absolute Gasteiger partial charge is 0.493 e. The average molecular weight is 359 g/mol. The number of hydrogen-bond donors (Lipinski definition) is 1. The van der Waals surface area contributed by atoms with Gasteiger partial charge in [0.05, 0.1) is 25.5 Å². The minimum atomic E-state index is -0.176. The quantitative estimate of drug-likeness (QED) is 0.746. The molecule has 0 bridgehead atoms. The Morgan fingerprint density at radius 2 is 1.64 bits per heavy atom. The molecule has 0 aromatic heterocycles. The minimum Gasteiger partial charge on any atom is -0.493 e. The van der Waals surface area contributed by atoms with E-state index in [0.29, 0.717) is 11.5 Å². The number of methoxy groups -OCH3 is 2. The third kappa shape index (κ3) is 5.16. The molecule has 2 rings (SSSR count). The summed E-state index contributed by atoms with van der Waals surface area (Å²) in [7, 11) is 3.21. The summed E-state index contributed by atoms with van der Waals surface area (Å²) < 4.78 is 10.6. The molecule has 2 unspecified atom stereocenters. The Labute approximate surface area is 153 Å². The summed E-state index contributed by atoms with van der Waals surface area (Å²) in [5, 5.41) is 2.88. The Bertz CT molecular complexity index is 715. The topological polar surface area (TPSA) is 47.6 Å². The van der Waals surface area contributed by atoms with Gasteiger partial charge in [-0.3, -0.25) is 4.79 Å². The standard InChI is InChI=1S/C20H25NO3S/c1-13-6-9-17(10-7-13)25-15(3)20(22)21-14(2)16-8-11-18(23-4)19(12-16)24-5/h6-12,14-15H,1-5H3,(H,21,22). The highest BCUT2D eigenvalue weighted by Gasteiger charge is 2.18. The number of amides is 1. The predicted octanol–water partition coefficient (Wildman–Crippen LogP) is 4.37. The van der Waals surface area contributed by atoms with Crippen LogP contribution < -0.4 is 14.8 Å². The van der Waals surface area contributed by atoms with Gasteiger partial charge in [-0.25, -0.2) is 0 Å². The number of aryl methyl sites for hydroxylation is 1. The summed E-state index contributed by atoms with van der Waals surface area (Å²) in [5.41, 5.74) is 2.18. The molecule has 5 heteroatoms. The van der Waals surface area contributed by atoms with Gasteiger partial charge in [0.1, 0.15) is 0 Å². The number of ether oxygens (including phenoxy) is 2. The molecule has 1 N–H and O–H groups in total. The molecule has 25 heavy (non-hydrogen) atoms. The molecular formula is C20H25NO3S. The first kappa shape index (κ1) is 19.2. The van der Waals surface area contributed by atoms with Crippen LogP contribution in [-0.4, -0.2) is 25.4 Å². The molecule has 1 amide bonds. The lowest BCUT2D eigenvalue weighted by atomic mass is 10.1. The van der Waals surface area contributed by atoms with Crippen LogP contribution in [0.15, 0.2) is 47.4 Å². The Morgan fingerprint density at radius 1 is 1.00 bits per heavy atom. The van der Waals surface area contributed by atoms with Crippen LogP contribution in [0, 0.1) is 6.92 Å². The number of thioether (sulfide) groups is 1. The summed E-state index contributed by atoms with van der Waals surface area (Å²) >= 11 is 1.55. The van der Waals surface area contributed by atoms with Gasteiger partial charge in [0, 0.05) is 4.90 Å². The van der Waals surface area contributed by atoms with Gasteiger partial charge in [0.2, 0.25) is 5.91 Å². The Kier molecular flexibility index (Phi) is 6.76. The van der Waals surface area contributed by atoms with Gasteiger partial charge >= 0.3 is 0 Å². The van der Waals surface area contributed by atoms with Crippen LogP contribution >= 0.6 is 11.8 Å². The summed E-state index contributed by atoms with van der Waals surface area (Å²) in [6.07, 6.45) is 0. The first-order valence-electron chi connectivity index (χ1n) is 8.20. The molecule has 134 valence electrons. The van der Waals surface area contributed by atoms with Crippen molar-refractivity contribution in [3.05, 3.63) is 53.6 Å². The van der Waals surface area contributed by atoms with Crippen molar-refractivity contribution in [1.29, 1.82) is 0 Å². The van der Waals surface area contributed by atoms with Crippen LogP contribution in [0.5, 0.6) is 11.5 Å². The molecule has 2 atom stereocenters. The van der Waals surface area contributed by atoms with E-state index in [0.717, 1.165) is 10.5 Å². The number of rotatable bonds is 7. The average Bonchev–Trinajstić information content (AvgIpc) is 2.62. The molecule has 4 nitrogen and oxygen atoms in total. The molecule has 0 saturated carbocycles. The van der Waals surface area contributed by atoms with E-state index in [2.05, 4.69) is 24.4 Å². The van der Waals surface area contributed by atoms with Gasteiger partial charge in [0.25, 0.3) is 0 Å². The van der Waals surface area contributed by atoms with E-state index >= 15 is 0 Å². The van der Waals surface area contributed by atoms with Crippen molar-refractivity contribution in [2.45, 2.75) is 37.0 Å². The SMILES string of the molecule is COc1ccc(C(C)NC(=O)C(C)Sc2ccc(C)cc2)cc1OC. The maximum atomic E-state index is 12.5. The van der Waals surface area contributed by atoms with E-state index in [1.165, 1.54) is 5.56 Å². The number of carbonyl (C=O) groups is 1. The van der Waals surface area contributed by atoms with Crippen LogP contribution in [0.3, 0.4) is 0 Å². The summed E-state index contributed by atoms with van der Waals surface area (Å²) in [5.74, 6) is 1.34. The van der Waals surface area contributed by atoms with Gasteiger partial charge in [-0.15, -0.1) is 11.8 Å². The van der Waals surface area contributed by atoms with Crippen molar-refractivity contribution in [3.63, 3.8) is 0 Å². The molecule has 0 radical (unpaired) electrons. The van der Waals surface area contributed by atoms with Crippen LogP contribution in [0.2, 0.25) is 0 Å². The molecule has 0 heterocycles. The number of carbonyl (C=O) groups excluding carboxylic acids is 1. The normalized spacial score (nSPS) is 13.0. The number of hydrogen-bond acceptors (Lipinski definition) is 4. The molecule has 0 spiro atoms. The Hall–Kier alpha value is -2.14. The van der Waals surface area contributed by atoms with Crippen molar-refractivity contribution in [2.24, 2.45) is 0 Å². The van der Waals surface area contributed by atoms with Gasteiger partial charge in [-0.05, 0) is 50.6 Å². The maximum Gasteiger partial charge on any atom is 0.233 e. The predicted molar refractivity (Wildman–Crippen MR) is 103 cm³/mol. The Morgan fingerprint density at radius 3 is 2.24 bits per heavy atom. The van der Waals surface area contributed by atoms with Crippen LogP contribution in [0.1, 0.15) is 31.0 Å². The molecular weight excluding hydrogens is 334 g/mol. The van der Waals surface area contributed by atoms with Crippen LogP contribution in [0.25, 0.3) is 0 Å². The lowest BCUT2D eigenvalue weighted by molar-refractivity contribution is -0.120. The lowest BCUT2D eigenvalue weighted by Gasteiger charge is -2.19. The summed E-state index contributed by atoms with van der Waals surface area (Å²) in [4.78, 5) is 13.6. The zero-order valence-electron chi connectivity index (χ0n) is 15.3. The van der Waals surface area contributed by atoms with Gasteiger partial charge in [0.15, 0.2) is 11.5 Å². The highest BCUT2D eigenvalue weighted by molar-refractivity contribution is 8.00. The van der Waals surface area contributed by atoms with Crippen molar-refractivity contribution >= 4 is 17.7 Å². The molecule has 0 aliphatic carbocycles. The van der Waals surface area contributed by atoms with Crippen molar-refractivity contribution in [3.8, 4) is 11.5 Å². The van der Waals surface area contributed by atoms with Crippen molar-refractivity contribution in [1.82, 2.24) is 5.32 Å². The van der Waals surface area contributed by atoms with Crippen LogP contribution in [-0.2, 0) is 4.79 Å². The highest BCUT2D eigenvalue weighted by Crippen LogP contribution is 2.30. The number of nitrogens with one attached hydrogen (secondary N) is 1. The van der Waals surface area contributed by atoms with E-state index in [-0.39, 0.29) is 17.2 Å². The monoisotopic (exact) mass is 359 g/mol. The first-order valence-corrected chi connectivity index (χ1v) is 9.08. The summed E-state index contributed by atoms with van der Waals surface area (Å²) in [6, 6.07) is 13.8. The fourth-order valence-corrected chi connectivity index (χ4v) is 3.29. The van der Waals surface area contributed by atoms with Gasteiger partial charge in [-0.2, -0.15) is 0 Å². The molecule has 0 aliphatic rings. The fourth-order valence-electron chi connectivity index (χ4n) is 2.41. The molecule has 0 aliphatic heterocycles. The molecule has 2 aromatic rings. The second-order valence-electron chi connectivity index (χ2n) is 5.92. The van der Waals surface area contributed by atoms with E-state index in [4.69, 9.17) is 9.47 Å². The van der Waals surface area contributed by atoms with E-state index in [9.17, 15) is 4.79 Å². The third-order valence-corrected chi connectivity index (χ3v) is 5.08. The smallest absolute Gasteiger partial charge is 0.233 e. The molecule has 0 fully saturated rings. The molecule has 2 aromatic carbocycles. The lowest BCUT2D eigenvalue weighted by Crippen LogP contribution is -2.33. The van der Waals surface area contributed by atoms with Gasteiger partial charge in [-0.1, -0.05) is 23.8 Å². The van der Waals surface area contributed by atoms with E-state index in [1.807, 2.05) is 44.2 Å². The second kappa shape index (κ2) is 8.81. The highest BCUT2D eigenvalue weighted by atomic mass is 32.2. The van der Waals surface area contributed by atoms with E-state index < -0.39 is 0 Å². The van der Waals surface area contributed by atoms with Crippen molar-refractivity contribution in [2.75, 3.05) is 14.2 Å². The number of benzene rings is 2. The summed E-state index contributed by atoms with van der Waals surface area (Å²) in [6.45, 7) is 5.93. The first-order chi connectivity index (χ1) is 11.9. The molecule has 0 saturated heterocycles. The third-order valence-electron chi connectivity index (χ3n) is 3.97. The van der Waals surface area contributed by atoms with E-state index in [1.54, 1.807) is 26.0 Å². The zero-order chi connectivity index (χ0) is 18.4. The van der Waals surface area contributed by atoms with Gasteiger partial charge < -0.3 is 14.8 Å². The van der Waals surface area contributed by atoms with Crippen LogP contribution in [0.4, 0.5) is 0 Å². The minimum absolute atomic E-state index is 0.00728. The maximum absolute atomic E-state index is 12.5. The Balaban J connectivity index is 2.00. The zero-order valence-corrected chi connectivity index (χ0v) is 16.1. The second-order valence-corrected chi connectivity index (χ2v) is 7.33. The fraction of sp³-hybridized carbons (Fsp3) is 0.350. The van der Waals surface area contributed by atoms with Crippen molar-refractivity contribution < 1.29 is 14.3 Å².